The minimum Gasteiger partial charge on any atom is -0.341 e. The zero-order valence-electron chi connectivity index (χ0n) is 10.9. The lowest BCUT2D eigenvalue weighted by atomic mass is 10.2. The van der Waals surface area contributed by atoms with E-state index in [2.05, 4.69) is 5.10 Å². The second-order valence-electron chi connectivity index (χ2n) is 4.72. The molecular weight excluding hydrogens is 259 g/mol. The average Bonchev–Trinajstić information content (AvgIpc) is 2.94. The van der Waals surface area contributed by atoms with Crippen molar-refractivity contribution in [3.05, 3.63) is 17.5 Å². The van der Waals surface area contributed by atoms with E-state index in [9.17, 15) is 18.0 Å². The molecule has 1 aromatic rings. The maximum atomic E-state index is 12.7. The van der Waals surface area contributed by atoms with Crippen LogP contribution in [-0.4, -0.2) is 33.7 Å². The number of rotatable bonds is 2. The summed E-state index contributed by atoms with van der Waals surface area (Å²) in [5.74, 6) is -0.0521. The minimum absolute atomic E-state index is 0.0521. The van der Waals surface area contributed by atoms with Crippen LogP contribution in [0.15, 0.2) is 6.07 Å². The normalized spacial score (nSPS) is 20.1. The first-order valence-corrected chi connectivity index (χ1v) is 6.24. The van der Waals surface area contributed by atoms with Gasteiger partial charge in [-0.1, -0.05) is 6.92 Å². The fourth-order valence-electron chi connectivity index (χ4n) is 2.38. The molecule has 2 rings (SSSR count). The number of carbonyl (C=O) groups is 1. The molecule has 7 heteroatoms. The van der Waals surface area contributed by atoms with Crippen LogP contribution in [0.25, 0.3) is 0 Å². The first kappa shape index (κ1) is 13.9. The molecule has 1 aliphatic rings. The Morgan fingerprint density at radius 3 is 2.68 bits per heavy atom. The van der Waals surface area contributed by atoms with Gasteiger partial charge in [0.2, 0.25) is 5.91 Å². The first-order valence-electron chi connectivity index (χ1n) is 6.24. The van der Waals surface area contributed by atoms with Gasteiger partial charge in [0, 0.05) is 25.7 Å². The van der Waals surface area contributed by atoms with Crippen LogP contribution in [0.2, 0.25) is 0 Å². The zero-order chi connectivity index (χ0) is 14.2. The van der Waals surface area contributed by atoms with Crippen molar-refractivity contribution in [3.63, 3.8) is 0 Å². The van der Waals surface area contributed by atoms with Gasteiger partial charge < -0.3 is 4.90 Å². The third-order valence-corrected chi connectivity index (χ3v) is 3.42. The second-order valence-corrected chi connectivity index (χ2v) is 4.72. The van der Waals surface area contributed by atoms with E-state index >= 15 is 0 Å². The number of amides is 1. The topological polar surface area (TPSA) is 38.1 Å². The minimum atomic E-state index is -4.42. The van der Waals surface area contributed by atoms with E-state index < -0.39 is 11.9 Å². The third-order valence-electron chi connectivity index (χ3n) is 3.42. The van der Waals surface area contributed by atoms with Crippen molar-refractivity contribution in [1.82, 2.24) is 14.7 Å². The molecule has 1 saturated heterocycles. The molecule has 4 nitrogen and oxygen atoms in total. The smallest absolute Gasteiger partial charge is 0.341 e. The van der Waals surface area contributed by atoms with Crippen LogP contribution < -0.4 is 0 Å². The number of hydrogen-bond acceptors (Lipinski definition) is 2. The molecule has 0 bridgehead atoms. The van der Waals surface area contributed by atoms with E-state index in [0.29, 0.717) is 31.6 Å². The van der Waals surface area contributed by atoms with Crippen LogP contribution in [0.4, 0.5) is 13.2 Å². The van der Waals surface area contributed by atoms with Crippen LogP contribution in [0.1, 0.15) is 37.7 Å². The van der Waals surface area contributed by atoms with Crippen molar-refractivity contribution >= 4 is 5.91 Å². The van der Waals surface area contributed by atoms with Crippen molar-refractivity contribution in [3.8, 4) is 0 Å². The van der Waals surface area contributed by atoms with Crippen LogP contribution in [0, 0.1) is 0 Å². The fourth-order valence-corrected chi connectivity index (χ4v) is 2.38. The molecule has 1 amide bonds. The summed E-state index contributed by atoms with van der Waals surface area (Å²) in [6.45, 7) is 4.27. The Kier molecular flexibility index (Phi) is 3.56. The van der Waals surface area contributed by atoms with Crippen LogP contribution >= 0.6 is 0 Å². The summed E-state index contributed by atoms with van der Waals surface area (Å²) in [4.78, 5) is 12.9. The van der Waals surface area contributed by atoms with E-state index in [1.165, 1.54) is 11.6 Å². The van der Waals surface area contributed by atoms with E-state index in [-0.39, 0.29) is 11.9 Å². The predicted octanol–water partition coefficient (Wildman–Crippen LogP) is 2.26. The van der Waals surface area contributed by atoms with Crippen molar-refractivity contribution in [1.29, 1.82) is 0 Å². The Bertz CT molecular complexity index is 481. The van der Waals surface area contributed by atoms with Crippen molar-refractivity contribution in [2.24, 2.45) is 0 Å². The highest BCUT2D eigenvalue weighted by Crippen LogP contribution is 2.31. The molecule has 0 saturated carbocycles. The molecule has 0 spiro atoms. The number of nitrogens with zero attached hydrogens (tertiary/aromatic N) is 3. The van der Waals surface area contributed by atoms with E-state index in [1.807, 2.05) is 0 Å². The van der Waals surface area contributed by atoms with Gasteiger partial charge >= 0.3 is 6.18 Å². The van der Waals surface area contributed by atoms with Crippen molar-refractivity contribution < 1.29 is 18.0 Å². The summed E-state index contributed by atoms with van der Waals surface area (Å²) in [6.07, 6.45) is -3.29. The van der Waals surface area contributed by atoms with Crippen molar-refractivity contribution in [2.45, 2.75) is 38.9 Å². The highest BCUT2D eigenvalue weighted by Gasteiger charge is 2.36. The molecular formula is C12H16F3N3O. The van der Waals surface area contributed by atoms with Gasteiger partial charge in [0.25, 0.3) is 0 Å². The number of likely N-dealkylation sites (tertiary alicyclic amines) is 1. The lowest BCUT2D eigenvalue weighted by Crippen LogP contribution is -2.27. The number of aryl methyl sites for hydroxylation is 1. The third kappa shape index (κ3) is 2.74. The summed E-state index contributed by atoms with van der Waals surface area (Å²) in [7, 11) is 0. The Hall–Kier alpha value is -1.53. The molecule has 0 N–H and O–H groups in total. The molecule has 0 radical (unpaired) electrons. The van der Waals surface area contributed by atoms with Crippen molar-refractivity contribution in [2.75, 3.05) is 13.1 Å². The number of alkyl halides is 3. The molecule has 0 aliphatic carbocycles. The lowest BCUT2D eigenvalue weighted by Gasteiger charge is -2.16. The van der Waals surface area contributed by atoms with Gasteiger partial charge in [-0.2, -0.15) is 18.3 Å². The molecule has 1 aliphatic heterocycles. The Labute approximate surface area is 109 Å². The predicted molar refractivity (Wildman–Crippen MR) is 62.5 cm³/mol. The van der Waals surface area contributed by atoms with Gasteiger partial charge in [0.15, 0.2) is 5.69 Å². The standard InChI is InChI=1S/C12H16F3N3O/c1-3-9-6-11(12(13,14)15)16-18(9)10-4-5-17(7-10)8(2)19/h6,10H,3-5,7H2,1-2H3. The second kappa shape index (κ2) is 4.86. The molecule has 106 valence electrons. The average molecular weight is 275 g/mol. The molecule has 19 heavy (non-hydrogen) atoms. The van der Waals surface area contributed by atoms with Crippen LogP contribution in [0.3, 0.4) is 0 Å². The van der Waals surface area contributed by atoms with Gasteiger partial charge in [0.05, 0.1) is 6.04 Å². The maximum Gasteiger partial charge on any atom is 0.435 e. The van der Waals surface area contributed by atoms with Crippen LogP contribution in [-0.2, 0) is 17.4 Å². The Morgan fingerprint density at radius 1 is 1.53 bits per heavy atom. The monoisotopic (exact) mass is 275 g/mol. The van der Waals surface area contributed by atoms with Crippen LogP contribution in [0.5, 0.6) is 0 Å². The van der Waals surface area contributed by atoms with E-state index in [0.717, 1.165) is 6.07 Å². The van der Waals surface area contributed by atoms with Gasteiger partial charge in [-0.25, -0.2) is 0 Å². The highest BCUT2D eigenvalue weighted by atomic mass is 19.4. The number of carbonyl (C=O) groups excluding carboxylic acids is 1. The summed E-state index contributed by atoms with van der Waals surface area (Å²) in [6, 6.07) is 0.936. The maximum absolute atomic E-state index is 12.7. The summed E-state index contributed by atoms with van der Waals surface area (Å²) < 4.78 is 39.4. The summed E-state index contributed by atoms with van der Waals surface area (Å²) >= 11 is 0. The zero-order valence-corrected chi connectivity index (χ0v) is 10.9. The molecule has 1 aromatic heterocycles. The van der Waals surface area contributed by atoms with E-state index in [4.69, 9.17) is 0 Å². The quantitative estimate of drug-likeness (QED) is 0.830. The van der Waals surface area contributed by atoms with Gasteiger partial charge in [-0.15, -0.1) is 0 Å². The molecule has 1 unspecified atom stereocenters. The molecule has 0 aromatic carbocycles. The molecule has 1 fully saturated rings. The fraction of sp³-hybridized carbons (Fsp3) is 0.667. The first-order chi connectivity index (χ1) is 8.82. The molecule has 1 atom stereocenters. The van der Waals surface area contributed by atoms with Gasteiger partial charge in [-0.05, 0) is 18.9 Å². The number of halogens is 3. The van der Waals surface area contributed by atoms with Gasteiger partial charge in [-0.3, -0.25) is 9.48 Å². The molecule has 2 heterocycles. The Morgan fingerprint density at radius 2 is 2.21 bits per heavy atom. The summed E-state index contributed by atoms with van der Waals surface area (Å²) in [5, 5.41) is 3.68. The largest absolute Gasteiger partial charge is 0.435 e. The Balaban J connectivity index is 2.25. The number of aromatic nitrogens is 2. The lowest BCUT2D eigenvalue weighted by molar-refractivity contribution is -0.141. The highest BCUT2D eigenvalue weighted by molar-refractivity contribution is 5.73. The SMILES string of the molecule is CCc1cc(C(F)(F)F)nn1C1CCN(C(C)=O)C1. The van der Waals surface area contributed by atoms with Gasteiger partial charge in [0.1, 0.15) is 0 Å². The number of hydrogen-bond donors (Lipinski definition) is 0. The van der Waals surface area contributed by atoms with E-state index in [1.54, 1.807) is 11.8 Å². The summed E-state index contributed by atoms with van der Waals surface area (Å²) in [5.41, 5.74) is -0.298.